The molecule has 0 fully saturated rings. The number of hydrogen-bond donors (Lipinski definition) is 1. The van der Waals surface area contributed by atoms with Crippen LogP contribution in [-0.4, -0.2) is 30.5 Å². The summed E-state index contributed by atoms with van der Waals surface area (Å²) in [5, 5.41) is 11.3. The highest BCUT2D eigenvalue weighted by atomic mass is 35.5. The van der Waals surface area contributed by atoms with E-state index < -0.39 is 36.6 Å². The van der Waals surface area contributed by atoms with E-state index in [2.05, 4.69) is 20.5 Å². The summed E-state index contributed by atoms with van der Waals surface area (Å²) in [7, 11) is 0. The van der Waals surface area contributed by atoms with Crippen molar-refractivity contribution in [2.24, 2.45) is 0 Å². The molecule has 33 heavy (non-hydrogen) atoms. The van der Waals surface area contributed by atoms with Crippen molar-refractivity contribution in [2.75, 3.05) is 5.32 Å². The average molecular weight is 481 g/mol. The topological polar surface area (TPSA) is 77.6 Å². The Morgan fingerprint density at radius 2 is 1.97 bits per heavy atom. The van der Waals surface area contributed by atoms with Crippen molar-refractivity contribution < 1.29 is 22.4 Å². The summed E-state index contributed by atoms with van der Waals surface area (Å²) in [5.74, 6) is -0.526. The van der Waals surface area contributed by atoms with Gasteiger partial charge in [0.05, 0.1) is 28.8 Å². The van der Waals surface area contributed by atoms with Crippen LogP contribution in [0, 0.1) is 6.92 Å². The van der Waals surface area contributed by atoms with E-state index >= 15 is 0 Å². The first kappa shape index (κ1) is 22.7. The second-order valence-electron chi connectivity index (χ2n) is 7.28. The molecule has 12 heteroatoms. The standard InChI is InChI=1S/C21H17ClF4N6O/c1-11-18-15(19(23)24)6-16(20(25)26)29-21(18)32(30-11)10-17(33)28-14-4-2-3-12(5-14)8-31-9-13(22)7-27-31/h2-7,9,19-20H,8,10H2,1H3,(H,28,33). The van der Waals surface area contributed by atoms with Crippen LogP contribution in [-0.2, 0) is 17.9 Å². The van der Waals surface area contributed by atoms with Gasteiger partial charge < -0.3 is 5.32 Å². The number of amides is 1. The monoisotopic (exact) mass is 480 g/mol. The van der Waals surface area contributed by atoms with Crippen LogP contribution in [0.4, 0.5) is 23.2 Å². The Labute approximate surface area is 190 Å². The van der Waals surface area contributed by atoms with Crippen molar-refractivity contribution in [1.29, 1.82) is 0 Å². The molecule has 0 aliphatic heterocycles. The predicted octanol–water partition coefficient (Wildman–Crippen LogP) is 5.15. The third kappa shape index (κ3) is 4.98. The van der Waals surface area contributed by atoms with Gasteiger partial charge in [-0.15, -0.1) is 0 Å². The number of carbonyl (C=O) groups is 1. The zero-order chi connectivity index (χ0) is 23.7. The Morgan fingerprint density at radius 3 is 2.64 bits per heavy atom. The van der Waals surface area contributed by atoms with E-state index in [4.69, 9.17) is 11.6 Å². The van der Waals surface area contributed by atoms with Gasteiger partial charge in [0.15, 0.2) is 5.65 Å². The van der Waals surface area contributed by atoms with Gasteiger partial charge in [-0.05, 0) is 30.7 Å². The average Bonchev–Trinajstić information content (AvgIpc) is 3.30. The smallest absolute Gasteiger partial charge is 0.280 e. The first-order valence-electron chi connectivity index (χ1n) is 9.72. The lowest BCUT2D eigenvalue weighted by Gasteiger charge is -2.09. The molecular weight excluding hydrogens is 464 g/mol. The molecule has 172 valence electrons. The molecule has 3 heterocycles. The minimum Gasteiger partial charge on any atom is -0.324 e. The van der Waals surface area contributed by atoms with E-state index in [-0.39, 0.29) is 16.7 Å². The third-order valence-electron chi connectivity index (χ3n) is 4.84. The zero-order valence-corrected chi connectivity index (χ0v) is 17.9. The number of aryl methyl sites for hydroxylation is 1. The summed E-state index contributed by atoms with van der Waals surface area (Å²) in [5.41, 5.74) is -0.0887. The first-order chi connectivity index (χ1) is 15.7. The van der Waals surface area contributed by atoms with E-state index in [1.165, 1.54) is 13.1 Å². The lowest BCUT2D eigenvalue weighted by Crippen LogP contribution is -2.20. The number of nitrogens with one attached hydrogen (secondary N) is 1. The Morgan fingerprint density at radius 1 is 1.18 bits per heavy atom. The van der Waals surface area contributed by atoms with Gasteiger partial charge >= 0.3 is 0 Å². The van der Waals surface area contributed by atoms with Crippen LogP contribution >= 0.6 is 11.6 Å². The summed E-state index contributed by atoms with van der Waals surface area (Å²) in [6, 6.07) is 7.68. The van der Waals surface area contributed by atoms with E-state index in [0.29, 0.717) is 23.3 Å². The molecule has 1 amide bonds. The predicted molar refractivity (Wildman–Crippen MR) is 114 cm³/mol. The molecule has 1 N–H and O–H groups in total. The number of alkyl halides is 4. The maximum absolute atomic E-state index is 13.5. The van der Waals surface area contributed by atoms with Gasteiger partial charge in [-0.3, -0.25) is 9.48 Å². The van der Waals surface area contributed by atoms with Gasteiger partial charge in [0.1, 0.15) is 12.2 Å². The number of fused-ring (bicyclic) bond motifs is 1. The molecule has 0 spiro atoms. The molecule has 0 aliphatic carbocycles. The van der Waals surface area contributed by atoms with E-state index in [9.17, 15) is 22.4 Å². The fourth-order valence-corrected chi connectivity index (χ4v) is 3.65. The molecule has 7 nitrogen and oxygen atoms in total. The van der Waals surface area contributed by atoms with Gasteiger partial charge in [0.25, 0.3) is 12.9 Å². The fourth-order valence-electron chi connectivity index (χ4n) is 3.50. The van der Waals surface area contributed by atoms with E-state index in [1.54, 1.807) is 29.1 Å². The number of carbonyl (C=O) groups excluding carboxylic acids is 1. The summed E-state index contributed by atoms with van der Waals surface area (Å²) >= 11 is 5.86. The Bertz CT molecular complexity index is 1320. The van der Waals surface area contributed by atoms with Crippen LogP contribution < -0.4 is 5.32 Å². The summed E-state index contributed by atoms with van der Waals surface area (Å²) in [6.07, 6.45) is -2.87. The Kier molecular flexibility index (Phi) is 6.32. The summed E-state index contributed by atoms with van der Waals surface area (Å²) < 4.78 is 56.0. The summed E-state index contributed by atoms with van der Waals surface area (Å²) in [6.45, 7) is 1.49. The molecule has 0 aliphatic rings. The normalized spacial score (nSPS) is 11.6. The van der Waals surface area contributed by atoms with Crippen LogP contribution in [0.2, 0.25) is 5.02 Å². The van der Waals surface area contributed by atoms with Crippen LogP contribution in [0.15, 0.2) is 42.7 Å². The van der Waals surface area contributed by atoms with Crippen molar-refractivity contribution in [3.05, 3.63) is 70.3 Å². The molecule has 3 aromatic heterocycles. The van der Waals surface area contributed by atoms with Crippen molar-refractivity contribution in [1.82, 2.24) is 24.5 Å². The molecule has 4 rings (SSSR count). The number of pyridine rings is 1. The van der Waals surface area contributed by atoms with Crippen LogP contribution in [0.3, 0.4) is 0 Å². The SMILES string of the molecule is Cc1nn(CC(=O)Nc2cccc(Cn3cc(Cl)cn3)c2)c2nc(C(F)F)cc(C(F)F)c12. The van der Waals surface area contributed by atoms with Gasteiger partial charge in [0, 0.05) is 17.4 Å². The van der Waals surface area contributed by atoms with Crippen LogP contribution in [0.1, 0.15) is 35.4 Å². The number of anilines is 1. The molecule has 0 atom stereocenters. The second kappa shape index (κ2) is 9.18. The minimum atomic E-state index is -3.04. The van der Waals surface area contributed by atoms with Gasteiger partial charge in [-0.2, -0.15) is 10.2 Å². The highest BCUT2D eigenvalue weighted by Crippen LogP contribution is 2.32. The quantitative estimate of drug-likeness (QED) is 0.371. The largest absolute Gasteiger partial charge is 0.324 e. The van der Waals surface area contributed by atoms with E-state index in [1.807, 2.05) is 6.07 Å². The Hall–Kier alpha value is -3.47. The van der Waals surface area contributed by atoms with Crippen molar-refractivity contribution in [3.63, 3.8) is 0 Å². The first-order valence-corrected chi connectivity index (χ1v) is 10.1. The maximum Gasteiger partial charge on any atom is 0.280 e. The van der Waals surface area contributed by atoms with Crippen LogP contribution in [0.5, 0.6) is 0 Å². The molecule has 0 unspecified atom stereocenters. The van der Waals surface area contributed by atoms with Gasteiger partial charge in [-0.25, -0.2) is 27.2 Å². The maximum atomic E-state index is 13.5. The zero-order valence-electron chi connectivity index (χ0n) is 17.1. The summed E-state index contributed by atoms with van der Waals surface area (Å²) in [4.78, 5) is 16.4. The Balaban J connectivity index is 1.56. The molecular formula is C21H17ClF4N6O. The number of benzene rings is 1. The fraction of sp³-hybridized carbons (Fsp3) is 0.238. The lowest BCUT2D eigenvalue weighted by molar-refractivity contribution is -0.116. The number of nitrogens with zero attached hydrogens (tertiary/aromatic N) is 5. The molecule has 0 bridgehead atoms. The molecule has 0 saturated heterocycles. The number of hydrogen-bond acceptors (Lipinski definition) is 4. The molecule has 4 aromatic rings. The molecule has 0 saturated carbocycles. The van der Waals surface area contributed by atoms with Gasteiger partial charge in [0.2, 0.25) is 5.91 Å². The van der Waals surface area contributed by atoms with Crippen LogP contribution in [0.25, 0.3) is 11.0 Å². The minimum absolute atomic E-state index is 0.0397. The molecule has 0 radical (unpaired) electrons. The second-order valence-corrected chi connectivity index (χ2v) is 7.72. The highest BCUT2D eigenvalue weighted by molar-refractivity contribution is 6.30. The third-order valence-corrected chi connectivity index (χ3v) is 5.03. The van der Waals surface area contributed by atoms with Crippen molar-refractivity contribution in [3.8, 4) is 0 Å². The molecule has 1 aromatic carbocycles. The van der Waals surface area contributed by atoms with Crippen molar-refractivity contribution >= 4 is 34.2 Å². The van der Waals surface area contributed by atoms with Crippen molar-refractivity contribution in [2.45, 2.75) is 32.9 Å². The lowest BCUT2D eigenvalue weighted by atomic mass is 10.1. The number of aromatic nitrogens is 5. The number of rotatable bonds is 7. The van der Waals surface area contributed by atoms with E-state index in [0.717, 1.165) is 10.2 Å². The highest BCUT2D eigenvalue weighted by Gasteiger charge is 2.24. The number of halogens is 5. The van der Waals surface area contributed by atoms with Gasteiger partial charge in [-0.1, -0.05) is 23.7 Å².